The maximum absolute atomic E-state index is 13.3. The molecule has 0 unspecified atom stereocenters. The van der Waals surface area contributed by atoms with Gasteiger partial charge in [-0.1, -0.05) is 0 Å². The molecule has 0 fully saturated rings. The Morgan fingerprint density at radius 1 is 1.17 bits per heavy atom. The average molecular weight is 330 g/mol. The molecular formula is C17H15FN2O4. The van der Waals surface area contributed by atoms with E-state index >= 15 is 0 Å². The molecule has 124 valence electrons. The number of nitrogens with zero attached hydrogens (tertiary/aromatic N) is 1. The van der Waals surface area contributed by atoms with Crippen LogP contribution in [0.15, 0.2) is 36.4 Å². The third-order valence-electron chi connectivity index (χ3n) is 3.45. The number of aromatic amines is 1. The molecule has 7 heteroatoms. The van der Waals surface area contributed by atoms with E-state index in [9.17, 15) is 9.18 Å². The molecule has 0 aliphatic carbocycles. The van der Waals surface area contributed by atoms with Gasteiger partial charge in [0.05, 0.1) is 25.3 Å². The number of H-pyrrole nitrogens is 1. The Morgan fingerprint density at radius 3 is 2.75 bits per heavy atom. The van der Waals surface area contributed by atoms with Gasteiger partial charge in [-0.15, -0.1) is 0 Å². The van der Waals surface area contributed by atoms with E-state index in [1.54, 1.807) is 24.3 Å². The molecule has 0 atom stereocenters. The average Bonchev–Trinajstić information content (AvgIpc) is 3.02. The molecule has 0 saturated carbocycles. The Bertz CT molecular complexity index is 891. The SMILES string of the molecule is COC(=O)COc1ccc(-c2nc3ccc(F)cc3[nH]2)cc1OC. The van der Waals surface area contributed by atoms with Gasteiger partial charge in [0, 0.05) is 5.56 Å². The largest absolute Gasteiger partial charge is 0.493 e. The number of benzene rings is 2. The Morgan fingerprint density at radius 2 is 2.00 bits per heavy atom. The number of halogens is 1. The highest BCUT2D eigenvalue weighted by Crippen LogP contribution is 2.32. The van der Waals surface area contributed by atoms with E-state index in [1.165, 1.54) is 26.4 Å². The first-order chi connectivity index (χ1) is 11.6. The second-order valence-corrected chi connectivity index (χ2v) is 4.98. The number of carbonyl (C=O) groups is 1. The molecular weight excluding hydrogens is 315 g/mol. The third kappa shape index (κ3) is 3.15. The van der Waals surface area contributed by atoms with Crippen LogP contribution in [0.2, 0.25) is 0 Å². The van der Waals surface area contributed by atoms with E-state index in [2.05, 4.69) is 14.7 Å². The number of hydrogen-bond acceptors (Lipinski definition) is 5. The van der Waals surface area contributed by atoms with Gasteiger partial charge >= 0.3 is 5.97 Å². The number of carbonyl (C=O) groups excluding carboxylic acids is 1. The topological polar surface area (TPSA) is 73.4 Å². The van der Waals surface area contributed by atoms with E-state index < -0.39 is 5.97 Å². The van der Waals surface area contributed by atoms with Crippen LogP contribution in [0.25, 0.3) is 22.4 Å². The first kappa shape index (κ1) is 15.8. The molecule has 3 aromatic rings. The number of rotatable bonds is 5. The van der Waals surface area contributed by atoms with Crippen molar-refractivity contribution in [2.24, 2.45) is 0 Å². The Hall–Kier alpha value is -3.09. The Kier molecular flexibility index (Phi) is 4.33. The predicted molar refractivity (Wildman–Crippen MR) is 85.6 cm³/mol. The summed E-state index contributed by atoms with van der Waals surface area (Å²) < 4.78 is 28.5. The molecule has 3 rings (SSSR count). The molecule has 24 heavy (non-hydrogen) atoms. The second kappa shape index (κ2) is 6.57. The van der Waals surface area contributed by atoms with E-state index in [0.29, 0.717) is 28.4 Å². The summed E-state index contributed by atoms with van der Waals surface area (Å²) in [6.45, 7) is -0.212. The van der Waals surface area contributed by atoms with Crippen LogP contribution >= 0.6 is 0 Å². The molecule has 0 amide bonds. The number of ether oxygens (including phenoxy) is 3. The lowest BCUT2D eigenvalue weighted by Gasteiger charge is -2.10. The normalized spacial score (nSPS) is 10.6. The van der Waals surface area contributed by atoms with Crippen molar-refractivity contribution in [3.8, 4) is 22.9 Å². The number of nitrogens with one attached hydrogen (secondary N) is 1. The summed E-state index contributed by atoms with van der Waals surface area (Å²) in [6.07, 6.45) is 0. The molecule has 1 N–H and O–H groups in total. The Balaban J connectivity index is 1.91. The highest BCUT2D eigenvalue weighted by molar-refractivity contribution is 5.79. The van der Waals surface area contributed by atoms with Crippen molar-refractivity contribution < 1.29 is 23.4 Å². The van der Waals surface area contributed by atoms with Gasteiger partial charge in [-0.3, -0.25) is 0 Å². The summed E-state index contributed by atoms with van der Waals surface area (Å²) >= 11 is 0. The van der Waals surface area contributed by atoms with Crippen LogP contribution in [0, 0.1) is 5.82 Å². The minimum absolute atomic E-state index is 0.212. The standard InChI is InChI=1S/C17H15FN2O4/c1-22-15-7-10(3-6-14(15)24-9-16(21)23-2)17-19-12-5-4-11(18)8-13(12)20-17/h3-8H,9H2,1-2H3,(H,19,20). The molecule has 0 radical (unpaired) electrons. The number of imidazole rings is 1. The zero-order chi connectivity index (χ0) is 17.1. The van der Waals surface area contributed by atoms with Gasteiger partial charge < -0.3 is 19.2 Å². The number of methoxy groups -OCH3 is 2. The number of aromatic nitrogens is 2. The predicted octanol–water partition coefficient (Wildman–Crippen LogP) is 2.93. The zero-order valence-corrected chi connectivity index (χ0v) is 13.1. The van der Waals surface area contributed by atoms with Crippen LogP contribution in [0.3, 0.4) is 0 Å². The van der Waals surface area contributed by atoms with E-state index in [1.807, 2.05) is 0 Å². The minimum Gasteiger partial charge on any atom is -0.493 e. The van der Waals surface area contributed by atoms with Crippen LogP contribution < -0.4 is 9.47 Å². The van der Waals surface area contributed by atoms with Gasteiger partial charge in [-0.2, -0.15) is 0 Å². The van der Waals surface area contributed by atoms with Crippen molar-refractivity contribution in [3.05, 3.63) is 42.2 Å². The fraction of sp³-hybridized carbons (Fsp3) is 0.176. The molecule has 6 nitrogen and oxygen atoms in total. The van der Waals surface area contributed by atoms with Crippen LogP contribution in [0.4, 0.5) is 4.39 Å². The van der Waals surface area contributed by atoms with Gasteiger partial charge in [0.2, 0.25) is 0 Å². The second-order valence-electron chi connectivity index (χ2n) is 4.98. The van der Waals surface area contributed by atoms with Crippen LogP contribution in [-0.2, 0) is 9.53 Å². The molecule has 0 spiro atoms. The quantitative estimate of drug-likeness (QED) is 0.728. The first-order valence-corrected chi connectivity index (χ1v) is 7.14. The van der Waals surface area contributed by atoms with Crippen molar-refractivity contribution in [1.29, 1.82) is 0 Å². The van der Waals surface area contributed by atoms with E-state index in [0.717, 1.165) is 5.56 Å². The van der Waals surface area contributed by atoms with Crippen LogP contribution in [0.5, 0.6) is 11.5 Å². The van der Waals surface area contributed by atoms with E-state index in [4.69, 9.17) is 9.47 Å². The maximum atomic E-state index is 13.3. The van der Waals surface area contributed by atoms with Crippen molar-refractivity contribution >= 4 is 17.0 Å². The van der Waals surface area contributed by atoms with Gasteiger partial charge in [0.1, 0.15) is 11.6 Å². The fourth-order valence-corrected chi connectivity index (χ4v) is 2.25. The summed E-state index contributed by atoms with van der Waals surface area (Å²) in [7, 11) is 2.79. The smallest absolute Gasteiger partial charge is 0.343 e. The van der Waals surface area contributed by atoms with Gasteiger partial charge in [0.25, 0.3) is 0 Å². The van der Waals surface area contributed by atoms with Crippen molar-refractivity contribution in [2.75, 3.05) is 20.8 Å². The molecule has 0 bridgehead atoms. The molecule has 0 saturated heterocycles. The van der Waals surface area contributed by atoms with Gasteiger partial charge in [0.15, 0.2) is 18.1 Å². The highest BCUT2D eigenvalue weighted by atomic mass is 19.1. The Labute approximate surface area is 137 Å². The number of fused-ring (bicyclic) bond motifs is 1. The summed E-state index contributed by atoms with van der Waals surface area (Å²) in [5, 5.41) is 0. The molecule has 2 aromatic carbocycles. The van der Waals surface area contributed by atoms with Gasteiger partial charge in [-0.25, -0.2) is 14.2 Å². The maximum Gasteiger partial charge on any atom is 0.343 e. The number of esters is 1. The minimum atomic E-state index is -0.486. The fourth-order valence-electron chi connectivity index (χ4n) is 2.25. The van der Waals surface area contributed by atoms with Gasteiger partial charge in [-0.05, 0) is 36.4 Å². The first-order valence-electron chi connectivity index (χ1n) is 7.14. The molecule has 1 aromatic heterocycles. The lowest BCUT2D eigenvalue weighted by atomic mass is 10.2. The summed E-state index contributed by atoms with van der Waals surface area (Å²) in [5.74, 6) is 0.618. The monoisotopic (exact) mass is 330 g/mol. The van der Waals surface area contributed by atoms with Crippen molar-refractivity contribution in [2.45, 2.75) is 0 Å². The summed E-state index contributed by atoms with van der Waals surface area (Å²) in [4.78, 5) is 18.7. The zero-order valence-electron chi connectivity index (χ0n) is 13.1. The molecule has 1 heterocycles. The summed E-state index contributed by atoms with van der Waals surface area (Å²) in [5.41, 5.74) is 2.01. The van der Waals surface area contributed by atoms with Crippen molar-refractivity contribution in [3.63, 3.8) is 0 Å². The lowest BCUT2D eigenvalue weighted by molar-refractivity contribution is -0.142. The van der Waals surface area contributed by atoms with Crippen LogP contribution in [0.1, 0.15) is 0 Å². The third-order valence-corrected chi connectivity index (χ3v) is 3.45. The number of hydrogen-bond donors (Lipinski definition) is 1. The summed E-state index contributed by atoms with van der Waals surface area (Å²) in [6, 6.07) is 9.51. The molecule has 0 aliphatic rings. The van der Waals surface area contributed by atoms with Crippen LogP contribution in [-0.4, -0.2) is 36.8 Å². The molecule has 0 aliphatic heterocycles. The van der Waals surface area contributed by atoms with E-state index in [-0.39, 0.29) is 12.4 Å². The van der Waals surface area contributed by atoms with Crippen molar-refractivity contribution in [1.82, 2.24) is 9.97 Å². The highest BCUT2D eigenvalue weighted by Gasteiger charge is 2.12. The lowest BCUT2D eigenvalue weighted by Crippen LogP contribution is -2.12.